The molecule has 2 N–H and O–H groups in total. The van der Waals surface area contributed by atoms with Crippen LogP contribution in [0.15, 0.2) is 12.3 Å². The summed E-state index contributed by atoms with van der Waals surface area (Å²) in [5.74, 6) is 1.14. The van der Waals surface area contributed by atoms with Crippen LogP contribution in [0.5, 0.6) is 0 Å². The van der Waals surface area contributed by atoms with Crippen LogP contribution in [0.25, 0.3) is 0 Å². The molecule has 1 unspecified atom stereocenters. The van der Waals surface area contributed by atoms with Crippen LogP contribution in [-0.2, 0) is 0 Å². The number of carbonyl (C=O) groups is 1. The van der Waals surface area contributed by atoms with Gasteiger partial charge in [-0.05, 0) is 26.3 Å². The number of nitrogen functional groups attached to an aromatic ring is 1. The third-order valence-corrected chi connectivity index (χ3v) is 4.90. The minimum atomic E-state index is 0.115. The first-order valence-corrected chi connectivity index (χ1v) is 7.96. The van der Waals surface area contributed by atoms with Gasteiger partial charge in [-0.2, -0.15) is 11.8 Å². The second-order valence-corrected chi connectivity index (χ2v) is 6.72. The van der Waals surface area contributed by atoms with Crippen molar-refractivity contribution in [3.05, 3.63) is 18.0 Å². The number of rotatable bonds is 3. The Morgan fingerprint density at radius 2 is 2.32 bits per heavy atom. The largest absolute Gasteiger partial charge is 0.397 e. The lowest BCUT2D eigenvalue weighted by molar-refractivity contribution is 0.0748. The molecule has 0 aromatic carbocycles. The predicted molar refractivity (Wildman–Crippen MR) is 81.7 cm³/mol. The van der Waals surface area contributed by atoms with Crippen molar-refractivity contribution in [3.8, 4) is 0 Å². The average Bonchev–Trinajstić information content (AvgIpc) is 2.80. The van der Waals surface area contributed by atoms with Gasteiger partial charge < -0.3 is 15.2 Å². The summed E-state index contributed by atoms with van der Waals surface area (Å²) in [7, 11) is 0. The molecule has 2 heterocycles. The molecule has 5 heteroatoms. The predicted octanol–water partition coefficient (Wildman–Crippen LogP) is 2.62. The maximum atomic E-state index is 12.6. The van der Waals surface area contributed by atoms with E-state index >= 15 is 0 Å². The van der Waals surface area contributed by atoms with Crippen molar-refractivity contribution in [2.45, 2.75) is 38.5 Å². The molecule has 1 atom stereocenters. The van der Waals surface area contributed by atoms with Gasteiger partial charge in [-0.1, -0.05) is 6.92 Å². The van der Waals surface area contributed by atoms with E-state index in [2.05, 4.69) is 20.8 Å². The van der Waals surface area contributed by atoms with Crippen LogP contribution in [0.2, 0.25) is 0 Å². The van der Waals surface area contributed by atoms with E-state index in [-0.39, 0.29) is 11.9 Å². The zero-order valence-corrected chi connectivity index (χ0v) is 12.7. The van der Waals surface area contributed by atoms with Crippen LogP contribution >= 0.6 is 11.8 Å². The molecule has 4 nitrogen and oxygen atoms in total. The average molecular weight is 281 g/mol. The van der Waals surface area contributed by atoms with Crippen molar-refractivity contribution in [1.82, 2.24) is 9.47 Å². The number of hydrogen-bond acceptors (Lipinski definition) is 3. The number of amides is 1. The first-order chi connectivity index (χ1) is 9.02. The Morgan fingerprint density at radius 3 is 2.95 bits per heavy atom. The summed E-state index contributed by atoms with van der Waals surface area (Å²) >= 11 is 1.97. The number of aromatic nitrogens is 1. The molecule has 1 aromatic heterocycles. The Bertz CT molecular complexity index is 456. The number of nitrogens with two attached hydrogens (primary N) is 1. The van der Waals surface area contributed by atoms with Gasteiger partial charge >= 0.3 is 0 Å². The van der Waals surface area contributed by atoms with E-state index in [1.54, 1.807) is 6.07 Å². The molecule has 0 aliphatic carbocycles. The van der Waals surface area contributed by atoms with Gasteiger partial charge in [0.2, 0.25) is 0 Å². The monoisotopic (exact) mass is 281 g/mol. The molecule has 0 saturated carbocycles. The zero-order valence-electron chi connectivity index (χ0n) is 11.9. The Morgan fingerprint density at radius 1 is 1.58 bits per heavy atom. The molecule has 1 aromatic rings. The van der Waals surface area contributed by atoms with Gasteiger partial charge in [0.05, 0.1) is 5.69 Å². The summed E-state index contributed by atoms with van der Waals surface area (Å²) in [6.07, 6.45) is 2.97. The number of hydrogen-bond donors (Lipinski definition) is 1. The Balaban J connectivity index is 2.19. The lowest BCUT2D eigenvalue weighted by atomic mass is 10.2. The van der Waals surface area contributed by atoms with Crippen LogP contribution < -0.4 is 5.73 Å². The van der Waals surface area contributed by atoms with E-state index in [1.165, 1.54) is 0 Å². The quantitative estimate of drug-likeness (QED) is 0.926. The van der Waals surface area contributed by atoms with E-state index < -0.39 is 0 Å². The fourth-order valence-corrected chi connectivity index (χ4v) is 3.59. The van der Waals surface area contributed by atoms with Gasteiger partial charge in [0.1, 0.15) is 5.69 Å². The van der Waals surface area contributed by atoms with E-state index in [9.17, 15) is 4.79 Å². The highest BCUT2D eigenvalue weighted by Crippen LogP contribution is 2.24. The van der Waals surface area contributed by atoms with Crippen molar-refractivity contribution in [2.24, 2.45) is 0 Å². The van der Waals surface area contributed by atoms with Gasteiger partial charge in [-0.15, -0.1) is 0 Å². The molecule has 1 aliphatic heterocycles. The minimum absolute atomic E-state index is 0.115. The normalized spacial score (nSPS) is 20.0. The van der Waals surface area contributed by atoms with E-state index in [0.29, 0.717) is 16.6 Å². The van der Waals surface area contributed by atoms with Crippen LogP contribution in [0.4, 0.5) is 5.69 Å². The summed E-state index contributed by atoms with van der Waals surface area (Å²) in [6, 6.07) is 2.04. The lowest BCUT2D eigenvalue weighted by Crippen LogP contribution is -2.42. The van der Waals surface area contributed by atoms with Crippen LogP contribution in [0.3, 0.4) is 0 Å². The summed E-state index contributed by atoms with van der Waals surface area (Å²) in [4.78, 5) is 14.6. The van der Waals surface area contributed by atoms with Gasteiger partial charge in [-0.3, -0.25) is 4.79 Å². The fourth-order valence-electron chi connectivity index (χ4n) is 2.41. The Labute approximate surface area is 119 Å². The third-order valence-electron chi connectivity index (χ3n) is 3.53. The highest BCUT2D eigenvalue weighted by molar-refractivity contribution is 8.00. The van der Waals surface area contributed by atoms with Crippen LogP contribution in [0.1, 0.15) is 43.7 Å². The molecule has 0 radical (unpaired) electrons. The number of carbonyl (C=O) groups excluding carboxylic acids is 1. The van der Waals surface area contributed by atoms with Crippen molar-refractivity contribution in [2.75, 3.05) is 24.6 Å². The van der Waals surface area contributed by atoms with Crippen molar-refractivity contribution in [3.63, 3.8) is 0 Å². The van der Waals surface area contributed by atoms with Crippen LogP contribution in [0, 0.1) is 0 Å². The zero-order chi connectivity index (χ0) is 14.0. The van der Waals surface area contributed by atoms with Gasteiger partial charge in [0.25, 0.3) is 5.91 Å². The van der Waals surface area contributed by atoms with E-state index in [0.717, 1.165) is 25.3 Å². The van der Waals surface area contributed by atoms with Crippen molar-refractivity contribution >= 4 is 23.4 Å². The summed E-state index contributed by atoms with van der Waals surface area (Å²) in [5.41, 5.74) is 7.22. The summed E-state index contributed by atoms with van der Waals surface area (Å²) in [5, 5.41) is 0.567. The first-order valence-electron chi connectivity index (χ1n) is 6.91. The molecule has 2 rings (SSSR count). The van der Waals surface area contributed by atoms with Gasteiger partial charge in [-0.25, -0.2) is 0 Å². The minimum Gasteiger partial charge on any atom is -0.397 e. The number of anilines is 1. The third kappa shape index (κ3) is 3.08. The Kier molecular flexibility index (Phi) is 4.45. The first kappa shape index (κ1) is 14.3. The molecule has 106 valence electrons. The highest BCUT2D eigenvalue weighted by Gasteiger charge is 2.26. The second-order valence-electron chi connectivity index (χ2n) is 5.31. The molecular weight excluding hydrogens is 258 g/mol. The topological polar surface area (TPSA) is 51.3 Å². The number of nitrogens with zero attached hydrogens (tertiary/aromatic N) is 2. The second kappa shape index (κ2) is 5.90. The molecular formula is C14H23N3OS. The van der Waals surface area contributed by atoms with Gasteiger partial charge in [0.15, 0.2) is 0 Å². The Hall–Kier alpha value is -1.10. The molecule has 0 spiro atoms. The van der Waals surface area contributed by atoms with Crippen molar-refractivity contribution in [1.29, 1.82) is 0 Å². The molecule has 0 bridgehead atoms. The maximum Gasteiger partial charge on any atom is 0.270 e. The van der Waals surface area contributed by atoms with Crippen LogP contribution in [-0.4, -0.2) is 39.5 Å². The number of thioether (sulfide) groups is 1. The van der Waals surface area contributed by atoms with E-state index in [1.807, 2.05) is 27.4 Å². The SMILES string of the molecule is CCC1CN(C(=O)c2cc(N)cn2C(C)C)CCS1. The highest BCUT2D eigenvalue weighted by atomic mass is 32.2. The standard InChI is InChI=1S/C14H23N3OS/c1-4-12-9-16(5-6-19-12)14(18)13-7-11(15)8-17(13)10(2)3/h7-8,10,12H,4-6,9,15H2,1-3H3. The fraction of sp³-hybridized carbons (Fsp3) is 0.643. The maximum absolute atomic E-state index is 12.6. The molecule has 1 saturated heterocycles. The summed E-state index contributed by atoms with van der Waals surface area (Å²) in [6.45, 7) is 8.00. The lowest BCUT2D eigenvalue weighted by Gasteiger charge is -2.32. The smallest absolute Gasteiger partial charge is 0.270 e. The molecule has 1 amide bonds. The molecule has 1 fully saturated rings. The van der Waals surface area contributed by atoms with Gasteiger partial charge in [0, 0.05) is 36.3 Å². The van der Waals surface area contributed by atoms with Crippen molar-refractivity contribution < 1.29 is 4.79 Å². The molecule has 19 heavy (non-hydrogen) atoms. The summed E-state index contributed by atoms with van der Waals surface area (Å²) < 4.78 is 1.97. The molecule has 1 aliphatic rings. The van der Waals surface area contributed by atoms with E-state index in [4.69, 9.17) is 5.73 Å².